The molecule has 1 aromatic carbocycles. The first-order valence-corrected chi connectivity index (χ1v) is 8.86. The van der Waals surface area contributed by atoms with Gasteiger partial charge in [0.05, 0.1) is 5.69 Å². The summed E-state index contributed by atoms with van der Waals surface area (Å²) in [5.41, 5.74) is 4.80. The summed E-state index contributed by atoms with van der Waals surface area (Å²) in [4.78, 5) is 6.90. The van der Waals surface area contributed by atoms with Crippen LogP contribution in [0.3, 0.4) is 0 Å². The second-order valence-corrected chi connectivity index (χ2v) is 6.80. The molecule has 0 atom stereocenters. The number of hydrogen-bond acceptors (Lipinski definition) is 2. The molecule has 3 heterocycles. The van der Waals surface area contributed by atoms with Crippen LogP contribution < -0.4 is 4.90 Å². The highest BCUT2D eigenvalue weighted by molar-refractivity contribution is 6.30. The molecule has 126 valence electrons. The van der Waals surface area contributed by atoms with E-state index in [4.69, 9.17) is 11.6 Å². The average Bonchev–Trinajstić information content (AvgIpc) is 2.98. The first-order chi connectivity index (χ1) is 12.2. The van der Waals surface area contributed by atoms with E-state index in [1.807, 2.05) is 30.5 Å². The number of fused-ring (bicyclic) bond motifs is 1. The van der Waals surface area contributed by atoms with Crippen molar-refractivity contribution in [3.63, 3.8) is 0 Å². The van der Waals surface area contributed by atoms with Crippen LogP contribution in [0, 0.1) is 0 Å². The summed E-state index contributed by atoms with van der Waals surface area (Å²) in [6, 6.07) is 12.1. The molecule has 1 aliphatic rings. The van der Waals surface area contributed by atoms with Gasteiger partial charge in [-0.2, -0.15) is 0 Å². The van der Waals surface area contributed by atoms with Gasteiger partial charge in [0, 0.05) is 42.9 Å². The van der Waals surface area contributed by atoms with Crippen molar-refractivity contribution in [3.05, 3.63) is 77.1 Å². The summed E-state index contributed by atoms with van der Waals surface area (Å²) in [5.74, 6) is 0. The van der Waals surface area contributed by atoms with Gasteiger partial charge in [-0.05, 0) is 41.8 Å². The minimum Gasteiger partial charge on any atom is -0.366 e. The molecule has 0 spiro atoms. The first kappa shape index (κ1) is 16.0. The number of anilines is 1. The van der Waals surface area contributed by atoms with Crippen LogP contribution in [0.25, 0.3) is 17.1 Å². The normalized spacial score (nSPS) is 15.1. The van der Waals surface area contributed by atoms with Crippen LogP contribution >= 0.6 is 11.6 Å². The van der Waals surface area contributed by atoms with E-state index in [-0.39, 0.29) is 0 Å². The lowest BCUT2D eigenvalue weighted by Gasteiger charge is -2.27. The van der Waals surface area contributed by atoms with Crippen LogP contribution in [-0.2, 0) is 7.05 Å². The fourth-order valence-corrected chi connectivity index (χ4v) is 3.51. The zero-order valence-electron chi connectivity index (χ0n) is 14.2. The van der Waals surface area contributed by atoms with Crippen molar-refractivity contribution >= 4 is 34.4 Å². The highest BCUT2D eigenvalue weighted by Gasteiger charge is 2.16. The molecule has 2 aromatic heterocycles. The Morgan fingerprint density at radius 3 is 2.88 bits per heavy atom. The molecule has 0 bridgehead atoms. The zero-order chi connectivity index (χ0) is 17.2. The number of aromatic nitrogens is 2. The summed E-state index contributed by atoms with van der Waals surface area (Å²) >= 11 is 6.04. The van der Waals surface area contributed by atoms with Crippen LogP contribution in [0.5, 0.6) is 0 Å². The first-order valence-electron chi connectivity index (χ1n) is 8.48. The Labute approximate surface area is 152 Å². The van der Waals surface area contributed by atoms with Gasteiger partial charge in [0.15, 0.2) is 0 Å². The van der Waals surface area contributed by atoms with E-state index in [0.29, 0.717) is 0 Å². The molecule has 3 aromatic rings. The Kier molecular flexibility index (Phi) is 4.33. The van der Waals surface area contributed by atoms with Gasteiger partial charge in [0.1, 0.15) is 5.65 Å². The number of rotatable bonds is 3. The summed E-state index contributed by atoms with van der Waals surface area (Å²) in [5, 5.41) is 1.99. The topological polar surface area (TPSA) is 21.1 Å². The molecule has 0 N–H and O–H groups in total. The number of aryl methyl sites for hydroxylation is 1. The third-order valence-electron chi connectivity index (χ3n) is 4.64. The van der Waals surface area contributed by atoms with Crippen molar-refractivity contribution in [3.8, 4) is 0 Å². The number of nitrogens with zero attached hydrogens (tertiary/aromatic N) is 3. The van der Waals surface area contributed by atoms with Gasteiger partial charge in [0.25, 0.3) is 0 Å². The maximum Gasteiger partial charge on any atom is 0.141 e. The van der Waals surface area contributed by atoms with Crippen molar-refractivity contribution in [2.24, 2.45) is 7.05 Å². The number of hydrogen-bond donors (Lipinski definition) is 0. The van der Waals surface area contributed by atoms with E-state index < -0.39 is 0 Å². The van der Waals surface area contributed by atoms with Gasteiger partial charge in [-0.3, -0.25) is 0 Å². The van der Waals surface area contributed by atoms with Crippen LogP contribution in [0.4, 0.5) is 5.69 Å². The minimum absolute atomic E-state index is 0.774. The van der Waals surface area contributed by atoms with Crippen LogP contribution in [0.1, 0.15) is 12.0 Å². The Balaban J connectivity index is 1.52. The average molecular weight is 350 g/mol. The Bertz CT molecular complexity index is 968. The van der Waals surface area contributed by atoms with Gasteiger partial charge < -0.3 is 9.47 Å². The molecule has 4 heteroatoms. The number of allylic oxidation sites excluding steroid dienone is 1. The molecule has 0 unspecified atom stereocenters. The van der Waals surface area contributed by atoms with E-state index in [0.717, 1.165) is 35.7 Å². The number of halogens is 1. The highest BCUT2D eigenvalue weighted by Crippen LogP contribution is 2.29. The standard InChI is InChI=1S/C21H20ClN3/c1-24-15-20(19-6-3-11-23-21(19)24)25-12-9-16(10-13-25)7-8-17-4-2-5-18(22)14-17/h2-9,11,14-15H,10,12-13H2,1H3/b8-7+. The monoisotopic (exact) mass is 349 g/mol. The predicted molar refractivity (Wildman–Crippen MR) is 106 cm³/mol. The van der Waals surface area contributed by atoms with E-state index >= 15 is 0 Å². The molecule has 0 saturated carbocycles. The van der Waals surface area contributed by atoms with E-state index in [2.05, 4.69) is 58.1 Å². The predicted octanol–water partition coefficient (Wildman–Crippen LogP) is 5.08. The molecule has 0 amide bonds. The zero-order valence-corrected chi connectivity index (χ0v) is 14.9. The maximum absolute atomic E-state index is 6.04. The molecular weight excluding hydrogens is 330 g/mol. The van der Waals surface area contributed by atoms with Crippen molar-refractivity contribution in [1.29, 1.82) is 0 Å². The molecule has 0 saturated heterocycles. The van der Waals surface area contributed by atoms with E-state index in [9.17, 15) is 0 Å². The van der Waals surface area contributed by atoms with Gasteiger partial charge in [-0.25, -0.2) is 4.98 Å². The van der Waals surface area contributed by atoms with E-state index in [1.54, 1.807) is 0 Å². The quantitative estimate of drug-likeness (QED) is 0.657. The summed E-state index contributed by atoms with van der Waals surface area (Å²) in [6.07, 6.45) is 11.7. The summed E-state index contributed by atoms with van der Waals surface area (Å²) < 4.78 is 2.10. The van der Waals surface area contributed by atoms with Crippen molar-refractivity contribution < 1.29 is 0 Å². The lowest BCUT2D eigenvalue weighted by Crippen LogP contribution is -2.28. The van der Waals surface area contributed by atoms with Gasteiger partial charge >= 0.3 is 0 Å². The minimum atomic E-state index is 0.774. The SMILES string of the molecule is Cn1cc(N2CC=C(/C=C/c3cccc(Cl)c3)CC2)c2cccnc21. The maximum atomic E-state index is 6.04. The Morgan fingerprint density at radius 1 is 1.16 bits per heavy atom. The van der Waals surface area contributed by atoms with Crippen LogP contribution in [0.2, 0.25) is 5.02 Å². The van der Waals surface area contributed by atoms with Crippen molar-refractivity contribution in [1.82, 2.24) is 9.55 Å². The second kappa shape index (κ2) is 6.77. The van der Waals surface area contributed by atoms with Gasteiger partial charge in [0.2, 0.25) is 0 Å². The second-order valence-electron chi connectivity index (χ2n) is 6.36. The van der Waals surface area contributed by atoms with Crippen LogP contribution in [-0.4, -0.2) is 22.6 Å². The number of benzene rings is 1. The van der Waals surface area contributed by atoms with Crippen molar-refractivity contribution in [2.45, 2.75) is 6.42 Å². The number of pyridine rings is 1. The highest BCUT2D eigenvalue weighted by atomic mass is 35.5. The Morgan fingerprint density at radius 2 is 2.08 bits per heavy atom. The van der Waals surface area contributed by atoms with Crippen LogP contribution in [0.15, 0.2) is 66.5 Å². The fraction of sp³-hybridized carbons (Fsp3) is 0.190. The van der Waals surface area contributed by atoms with Gasteiger partial charge in [-0.1, -0.05) is 42.0 Å². The molecule has 0 radical (unpaired) electrons. The van der Waals surface area contributed by atoms with E-state index in [1.165, 1.54) is 16.6 Å². The molecule has 0 fully saturated rings. The lowest BCUT2D eigenvalue weighted by molar-refractivity contribution is 0.800. The summed E-state index contributed by atoms with van der Waals surface area (Å²) in [7, 11) is 2.05. The molecule has 0 aliphatic carbocycles. The summed E-state index contributed by atoms with van der Waals surface area (Å²) in [6.45, 7) is 1.93. The lowest BCUT2D eigenvalue weighted by atomic mass is 10.1. The molecule has 1 aliphatic heterocycles. The third kappa shape index (κ3) is 3.33. The molecule has 3 nitrogen and oxygen atoms in total. The van der Waals surface area contributed by atoms with Crippen molar-refractivity contribution in [2.75, 3.05) is 18.0 Å². The fourth-order valence-electron chi connectivity index (χ4n) is 3.31. The largest absolute Gasteiger partial charge is 0.366 e. The molecule has 25 heavy (non-hydrogen) atoms. The molecule has 4 rings (SSSR count). The van der Waals surface area contributed by atoms with Gasteiger partial charge in [-0.15, -0.1) is 0 Å². The molecular formula is C21H20ClN3. The third-order valence-corrected chi connectivity index (χ3v) is 4.87. The smallest absolute Gasteiger partial charge is 0.141 e. The Hall–Kier alpha value is -2.52.